The number of rotatable bonds is 20. The lowest BCUT2D eigenvalue weighted by atomic mass is 9.91. The van der Waals surface area contributed by atoms with Gasteiger partial charge in [-0.1, -0.05) is 151 Å². The first-order chi connectivity index (χ1) is 32.3. The van der Waals surface area contributed by atoms with E-state index in [2.05, 4.69) is 0 Å². The lowest BCUT2D eigenvalue weighted by molar-refractivity contribution is -0.319. The van der Waals surface area contributed by atoms with Gasteiger partial charge in [0.2, 0.25) is 11.7 Å². The highest BCUT2D eigenvalue weighted by Gasteiger charge is 2.49. The van der Waals surface area contributed by atoms with E-state index in [0.717, 1.165) is 38.3 Å². The number of carbonyl (C=O) groups excluding carboxylic acids is 3. The number of aliphatic hydroxyl groups excluding tert-OH is 1. The summed E-state index contributed by atoms with van der Waals surface area (Å²) in [5.74, 6) is -1.96. The zero-order chi connectivity index (χ0) is 45.8. The maximum atomic E-state index is 14.8. The molecule has 2 aliphatic rings. The summed E-state index contributed by atoms with van der Waals surface area (Å²) in [4.78, 5) is 43.7. The molecule has 0 bridgehead atoms. The normalized spacial score (nSPS) is 21.1. The van der Waals surface area contributed by atoms with Crippen molar-refractivity contribution in [3.05, 3.63) is 191 Å². The molecule has 12 heteroatoms. The average molecular weight is 894 g/mol. The maximum absolute atomic E-state index is 14.8. The standard InChI is InChI=1S/C54H55NO11/c1-36-17-15-26-41(29-36)42-31-46(48(57)43(30-37-18-7-3-8-19-37)52(58)55-44(35-64-54(55)59)40-24-13-6-14-25-40)65-45(42)27-16-28-61-51-50(63-34-39-22-11-5-12-23-39)49(47(32-56)66-53(51)60-2)62-33-38-20-9-4-10-21-38/h3-15,17-26,29,31,43-44,47,49-51,53,56H,16,27-28,30,32-35H2,1-2H3. The Morgan fingerprint density at radius 3 is 1.98 bits per heavy atom. The zero-order valence-electron chi connectivity index (χ0n) is 37.1. The minimum absolute atomic E-state index is 0.00323. The maximum Gasteiger partial charge on any atom is 0.417 e. The number of ketones is 1. The number of benzene rings is 5. The van der Waals surface area contributed by atoms with E-state index < -0.39 is 60.4 Å². The first-order valence-corrected chi connectivity index (χ1v) is 22.4. The van der Waals surface area contributed by atoms with Crippen molar-refractivity contribution < 1.29 is 52.3 Å². The van der Waals surface area contributed by atoms with Gasteiger partial charge < -0.3 is 37.9 Å². The van der Waals surface area contributed by atoms with Gasteiger partial charge in [-0.3, -0.25) is 9.59 Å². The molecule has 66 heavy (non-hydrogen) atoms. The topological polar surface area (TPSA) is 143 Å². The fourth-order valence-electron chi connectivity index (χ4n) is 8.63. The van der Waals surface area contributed by atoms with Crippen LogP contribution in [0.5, 0.6) is 0 Å². The molecule has 7 atom stereocenters. The molecule has 7 unspecified atom stereocenters. The third-order valence-electron chi connectivity index (χ3n) is 12.0. The molecule has 8 rings (SSSR count). The summed E-state index contributed by atoms with van der Waals surface area (Å²) in [6.07, 6.45) is -3.76. The number of Topliss-reactive ketones (excluding diaryl/α,β-unsaturated/α-hetero) is 1. The van der Waals surface area contributed by atoms with E-state index >= 15 is 0 Å². The lowest BCUT2D eigenvalue weighted by Gasteiger charge is -2.45. The van der Waals surface area contributed by atoms with Crippen LogP contribution in [0.4, 0.5) is 4.79 Å². The summed E-state index contributed by atoms with van der Waals surface area (Å²) in [6.45, 7) is 2.36. The van der Waals surface area contributed by atoms with Gasteiger partial charge in [0.05, 0.1) is 19.8 Å². The van der Waals surface area contributed by atoms with Crippen molar-refractivity contribution >= 4 is 17.8 Å². The predicted octanol–water partition coefficient (Wildman–Crippen LogP) is 8.87. The highest BCUT2D eigenvalue weighted by Crippen LogP contribution is 2.35. The van der Waals surface area contributed by atoms with Crippen LogP contribution in [0.15, 0.2) is 156 Å². The molecule has 0 spiro atoms. The fourth-order valence-corrected chi connectivity index (χ4v) is 8.63. The van der Waals surface area contributed by atoms with E-state index in [1.54, 1.807) is 6.07 Å². The van der Waals surface area contributed by atoms with Crippen LogP contribution in [-0.4, -0.2) is 85.4 Å². The van der Waals surface area contributed by atoms with Crippen LogP contribution in [0.2, 0.25) is 0 Å². The Morgan fingerprint density at radius 1 is 0.742 bits per heavy atom. The molecule has 6 aromatic rings. The summed E-state index contributed by atoms with van der Waals surface area (Å²) in [6, 6.07) is 46.8. The van der Waals surface area contributed by atoms with Crippen molar-refractivity contribution in [3.8, 4) is 11.1 Å². The monoisotopic (exact) mass is 893 g/mol. The van der Waals surface area contributed by atoms with Gasteiger partial charge in [0.25, 0.3) is 0 Å². The SMILES string of the molecule is COC1OC(CO)C(OCc2ccccc2)C(OCc2ccccc2)C1OCCCc1oc(C(=O)C(Cc2ccccc2)C(=O)N2C(=O)OCC2c2ccccc2)cc1-c1cccc(C)c1. The van der Waals surface area contributed by atoms with Crippen molar-refractivity contribution in [2.75, 3.05) is 26.9 Å². The number of methoxy groups -OCH3 is 1. The van der Waals surface area contributed by atoms with Crippen molar-refractivity contribution in [1.29, 1.82) is 0 Å². The van der Waals surface area contributed by atoms with Crippen LogP contribution < -0.4 is 0 Å². The van der Waals surface area contributed by atoms with Crippen molar-refractivity contribution in [2.24, 2.45) is 5.92 Å². The van der Waals surface area contributed by atoms with Gasteiger partial charge in [0.1, 0.15) is 48.7 Å². The molecule has 3 heterocycles. The van der Waals surface area contributed by atoms with Gasteiger partial charge in [-0.25, -0.2) is 9.69 Å². The average Bonchev–Trinajstić information content (AvgIpc) is 3.97. The van der Waals surface area contributed by atoms with Gasteiger partial charge in [0.15, 0.2) is 12.1 Å². The molecular formula is C54H55NO11. The second-order valence-corrected chi connectivity index (χ2v) is 16.6. The van der Waals surface area contributed by atoms with Crippen molar-refractivity contribution in [3.63, 3.8) is 0 Å². The highest BCUT2D eigenvalue weighted by molar-refractivity contribution is 6.12. The second kappa shape index (κ2) is 22.3. The van der Waals surface area contributed by atoms with Gasteiger partial charge in [-0.05, 0) is 53.6 Å². The van der Waals surface area contributed by atoms with Gasteiger partial charge in [-0.15, -0.1) is 0 Å². The summed E-state index contributed by atoms with van der Waals surface area (Å²) in [7, 11) is 1.52. The highest BCUT2D eigenvalue weighted by atomic mass is 16.7. The number of imide groups is 1. The second-order valence-electron chi connectivity index (χ2n) is 16.6. The van der Waals surface area contributed by atoms with Crippen LogP contribution in [0, 0.1) is 12.8 Å². The number of hydrogen-bond donors (Lipinski definition) is 1. The molecule has 2 fully saturated rings. The Balaban J connectivity index is 1.05. The first kappa shape index (κ1) is 46.3. The molecule has 0 radical (unpaired) electrons. The number of carbonyl (C=O) groups is 3. The molecule has 1 N–H and O–H groups in total. The molecule has 5 aromatic carbocycles. The fraction of sp³-hybridized carbons (Fsp3) is 0.315. The minimum Gasteiger partial charge on any atom is -0.457 e. The Hall–Kier alpha value is -6.25. The van der Waals surface area contributed by atoms with E-state index in [9.17, 15) is 19.5 Å². The van der Waals surface area contributed by atoms with Crippen molar-refractivity contribution in [1.82, 2.24) is 4.90 Å². The third-order valence-corrected chi connectivity index (χ3v) is 12.0. The molecule has 0 aliphatic carbocycles. The molecule has 2 aliphatic heterocycles. The number of aryl methyl sites for hydroxylation is 2. The molecule has 2 amide bonds. The van der Waals surface area contributed by atoms with Crippen LogP contribution in [0.25, 0.3) is 11.1 Å². The van der Waals surface area contributed by atoms with Gasteiger partial charge in [-0.2, -0.15) is 0 Å². The largest absolute Gasteiger partial charge is 0.457 e. The van der Waals surface area contributed by atoms with Crippen LogP contribution >= 0.6 is 0 Å². The minimum atomic E-state index is -1.29. The summed E-state index contributed by atoms with van der Waals surface area (Å²) < 4.78 is 43.6. The summed E-state index contributed by atoms with van der Waals surface area (Å²) >= 11 is 0. The van der Waals surface area contributed by atoms with Crippen molar-refractivity contribution in [2.45, 2.75) is 76.1 Å². The number of nitrogens with zero attached hydrogens (tertiary/aromatic N) is 1. The zero-order valence-corrected chi connectivity index (χ0v) is 37.1. The van der Waals surface area contributed by atoms with E-state index in [4.69, 9.17) is 32.8 Å². The number of amides is 2. The van der Waals surface area contributed by atoms with Crippen LogP contribution in [-0.2, 0) is 59.3 Å². The smallest absolute Gasteiger partial charge is 0.417 e. The number of cyclic esters (lactones) is 1. The number of aliphatic hydroxyl groups is 1. The van der Waals surface area contributed by atoms with E-state index in [1.807, 2.05) is 153 Å². The van der Waals surface area contributed by atoms with E-state index in [1.165, 1.54) is 7.11 Å². The summed E-state index contributed by atoms with van der Waals surface area (Å²) in [5, 5.41) is 10.5. The molecule has 0 saturated carbocycles. The van der Waals surface area contributed by atoms with Crippen LogP contribution in [0.1, 0.15) is 56.6 Å². The Labute approximate surface area is 385 Å². The van der Waals surface area contributed by atoms with E-state index in [0.29, 0.717) is 24.2 Å². The third kappa shape index (κ3) is 11.0. The van der Waals surface area contributed by atoms with Crippen LogP contribution in [0.3, 0.4) is 0 Å². The predicted molar refractivity (Wildman–Crippen MR) is 245 cm³/mol. The Kier molecular flexibility index (Phi) is 15.6. The molecule has 2 saturated heterocycles. The number of hydrogen-bond acceptors (Lipinski definition) is 11. The number of ether oxygens (including phenoxy) is 6. The Bertz CT molecular complexity index is 2500. The first-order valence-electron chi connectivity index (χ1n) is 22.4. The quantitative estimate of drug-likeness (QED) is 0.0446. The van der Waals surface area contributed by atoms with E-state index in [-0.39, 0.29) is 45.2 Å². The molecule has 12 nitrogen and oxygen atoms in total. The molecule has 342 valence electrons. The van der Waals surface area contributed by atoms with Gasteiger partial charge >= 0.3 is 6.09 Å². The lowest BCUT2D eigenvalue weighted by Crippen LogP contribution is -2.61. The molecular weight excluding hydrogens is 839 g/mol. The number of furan rings is 1. The molecule has 1 aromatic heterocycles. The summed E-state index contributed by atoms with van der Waals surface area (Å²) in [5.41, 5.74) is 5.94. The van der Waals surface area contributed by atoms with Gasteiger partial charge in [0, 0.05) is 25.7 Å². The Morgan fingerprint density at radius 2 is 1.36 bits per heavy atom.